The molecule has 240 valence electrons. The van der Waals surface area contributed by atoms with E-state index in [9.17, 15) is 14.7 Å². The fourth-order valence-corrected chi connectivity index (χ4v) is 6.92. The molecule has 0 unspecified atom stereocenters. The fourth-order valence-electron chi connectivity index (χ4n) is 6.34. The van der Waals surface area contributed by atoms with E-state index < -0.39 is 0 Å². The first-order valence-electron chi connectivity index (χ1n) is 15.1. The van der Waals surface area contributed by atoms with Crippen LogP contribution in [0.4, 0.5) is 5.69 Å². The molecule has 2 aliphatic rings. The second-order valence-corrected chi connectivity index (χ2v) is 12.3. The Labute approximate surface area is 277 Å². The van der Waals surface area contributed by atoms with Crippen LogP contribution in [0.15, 0.2) is 42.6 Å². The zero-order chi connectivity index (χ0) is 32.5. The SMILES string of the molecule is COc1nc(-c2ccnc(-c3cccc(NC(=O)c4nc5c(n4C)CCN(C4CCN(C(C)=O)CC4)C5)c3Cl)c2Cl)ccc1CO. The average molecular weight is 665 g/mol. The summed E-state index contributed by atoms with van der Waals surface area (Å²) in [5.41, 5.74) is 5.02. The predicted octanol–water partition coefficient (Wildman–Crippen LogP) is 4.97. The second-order valence-electron chi connectivity index (χ2n) is 11.5. The zero-order valence-corrected chi connectivity index (χ0v) is 27.4. The van der Waals surface area contributed by atoms with E-state index in [-0.39, 0.29) is 23.4 Å². The Bertz CT molecular complexity index is 1800. The highest BCUT2D eigenvalue weighted by atomic mass is 35.5. The molecule has 1 fully saturated rings. The number of nitrogens with zero attached hydrogens (tertiary/aromatic N) is 6. The number of amides is 2. The molecule has 0 bridgehead atoms. The van der Waals surface area contributed by atoms with E-state index in [0.717, 1.165) is 50.3 Å². The summed E-state index contributed by atoms with van der Waals surface area (Å²) in [6.45, 7) is 4.51. The van der Waals surface area contributed by atoms with Crippen molar-refractivity contribution in [3.8, 4) is 28.4 Å². The van der Waals surface area contributed by atoms with Crippen molar-refractivity contribution in [3.05, 3.63) is 75.4 Å². The summed E-state index contributed by atoms with van der Waals surface area (Å²) in [7, 11) is 3.35. The smallest absolute Gasteiger partial charge is 0.291 e. The molecular weight excluding hydrogens is 629 g/mol. The van der Waals surface area contributed by atoms with E-state index in [4.69, 9.17) is 32.9 Å². The van der Waals surface area contributed by atoms with Gasteiger partial charge in [-0.1, -0.05) is 35.3 Å². The molecule has 2 amide bonds. The molecule has 0 radical (unpaired) electrons. The van der Waals surface area contributed by atoms with Crippen LogP contribution in [0.25, 0.3) is 22.5 Å². The van der Waals surface area contributed by atoms with Crippen LogP contribution in [0.1, 0.15) is 47.3 Å². The van der Waals surface area contributed by atoms with Crippen LogP contribution < -0.4 is 10.1 Å². The highest BCUT2D eigenvalue weighted by molar-refractivity contribution is 6.39. The molecule has 0 aliphatic carbocycles. The van der Waals surface area contributed by atoms with Gasteiger partial charge in [-0.25, -0.2) is 9.97 Å². The Hall–Kier alpha value is -4.03. The average Bonchev–Trinajstić information content (AvgIpc) is 3.41. The normalized spacial score (nSPS) is 15.5. The number of imidazole rings is 1. The molecule has 13 heteroatoms. The van der Waals surface area contributed by atoms with Gasteiger partial charge in [0.05, 0.1) is 46.5 Å². The molecular formula is C33H35Cl2N7O4. The number of ether oxygens (including phenoxy) is 1. The van der Waals surface area contributed by atoms with Gasteiger partial charge in [0.15, 0.2) is 5.82 Å². The van der Waals surface area contributed by atoms with Crippen LogP contribution in [0.3, 0.4) is 0 Å². The summed E-state index contributed by atoms with van der Waals surface area (Å²) < 4.78 is 7.19. The van der Waals surface area contributed by atoms with Crippen molar-refractivity contribution < 1.29 is 19.4 Å². The Morgan fingerprint density at radius 2 is 1.83 bits per heavy atom. The van der Waals surface area contributed by atoms with Gasteiger partial charge in [0.1, 0.15) is 0 Å². The minimum absolute atomic E-state index is 0.127. The van der Waals surface area contributed by atoms with Crippen molar-refractivity contribution in [2.75, 3.05) is 32.1 Å². The molecule has 11 nitrogen and oxygen atoms in total. The maximum atomic E-state index is 13.6. The zero-order valence-electron chi connectivity index (χ0n) is 25.9. The molecule has 2 N–H and O–H groups in total. The highest BCUT2D eigenvalue weighted by Crippen LogP contribution is 2.40. The number of rotatable bonds is 7. The van der Waals surface area contributed by atoms with Crippen molar-refractivity contribution in [1.82, 2.24) is 29.3 Å². The van der Waals surface area contributed by atoms with Crippen LogP contribution in [-0.4, -0.2) is 79.0 Å². The maximum Gasteiger partial charge on any atom is 0.291 e. The molecule has 3 aromatic heterocycles. The number of anilines is 1. The number of aliphatic hydroxyl groups excluding tert-OH is 1. The molecule has 5 heterocycles. The second kappa shape index (κ2) is 13.4. The third-order valence-electron chi connectivity index (χ3n) is 8.88. The summed E-state index contributed by atoms with van der Waals surface area (Å²) in [4.78, 5) is 43.4. The number of likely N-dealkylation sites (tertiary alicyclic amines) is 1. The van der Waals surface area contributed by atoms with E-state index in [1.54, 1.807) is 49.5 Å². The van der Waals surface area contributed by atoms with Gasteiger partial charge in [-0.2, -0.15) is 0 Å². The number of aromatic nitrogens is 4. The van der Waals surface area contributed by atoms with Gasteiger partial charge in [0, 0.05) is 81.2 Å². The van der Waals surface area contributed by atoms with Gasteiger partial charge in [-0.15, -0.1) is 0 Å². The summed E-state index contributed by atoms with van der Waals surface area (Å²) in [5, 5.41) is 13.1. The lowest BCUT2D eigenvalue weighted by Gasteiger charge is -2.39. The minimum Gasteiger partial charge on any atom is -0.481 e. The van der Waals surface area contributed by atoms with Crippen molar-refractivity contribution >= 4 is 40.7 Å². The standard InChI is InChI=1S/C33H35Cl2N7O4/c1-19(44)41-14-10-21(11-15-41)42-16-12-27-26(17-42)37-31(40(27)2)32(45)38-25-6-4-5-23(28(25)34)30-29(35)22(9-13-36-30)24-8-7-20(18-43)33(39-24)46-3/h4-9,13,21,43H,10-12,14-18H2,1-3H3,(H,38,45). The fraction of sp³-hybridized carbons (Fsp3) is 0.364. The Kier molecular flexibility index (Phi) is 9.28. The predicted molar refractivity (Wildman–Crippen MR) is 176 cm³/mol. The van der Waals surface area contributed by atoms with Gasteiger partial charge < -0.3 is 24.6 Å². The van der Waals surface area contributed by atoms with Gasteiger partial charge in [0.2, 0.25) is 11.8 Å². The van der Waals surface area contributed by atoms with E-state index in [1.165, 1.54) is 7.11 Å². The maximum absolute atomic E-state index is 13.6. The first-order chi connectivity index (χ1) is 22.2. The third-order valence-corrected chi connectivity index (χ3v) is 9.67. The van der Waals surface area contributed by atoms with E-state index in [0.29, 0.717) is 63.1 Å². The van der Waals surface area contributed by atoms with Crippen LogP contribution in [0, 0.1) is 0 Å². The van der Waals surface area contributed by atoms with Crippen molar-refractivity contribution in [2.45, 2.75) is 45.4 Å². The van der Waals surface area contributed by atoms with Gasteiger partial charge in [0.25, 0.3) is 5.91 Å². The number of pyridine rings is 2. The monoisotopic (exact) mass is 663 g/mol. The molecule has 1 saturated heterocycles. The van der Waals surface area contributed by atoms with Gasteiger partial charge >= 0.3 is 0 Å². The molecule has 1 aromatic carbocycles. The van der Waals surface area contributed by atoms with Crippen molar-refractivity contribution in [1.29, 1.82) is 0 Å². The topological polar surface area (TPSA) is 126 Å². The Balaban J connectivity index is 1.21. The number of carbonyl (C=O) groups is 2. The lowest BCUT2D eigenvalue weighted by Crippen LogP contribution is -2.47. The molecule has 0 saturated carbocycles. The minimum atomic E-state index is -0.370. The quantitative estimate of drug-likeness (QED) is 0.284. The number of halogens is 2. The van der Waals surface area contributed by atoms with Crippen LogP contribution in [0.2, 0.25) is 10.0 Å². The lowest BCUT2D eigenvalue weighted by atomic mass is 10.00. The third kappa shape index (κ3) is 6.07. The summed E-state index contributed by atoms with van der Waals surface area (Å²) in [6, 6.07) is 10.9. The summed E-state index contributed by atoms with van der Waals surface area (Å²) in [5.74, 6) is 0.368. The van der Waals surface area contributed by atoms with E-state index in [1.807, 2.05) is 16.5 Å². The molecule has 2 aliphatic heterocycles. The first kappa shape index (κ1) is 31.9. The number of nitrogens with one attached hydrogen (secondary N) is 1. The van der Waals surface area contributed by atoms with Crippen LogP contribution >= 0.6 is 23.2 Å². The summed E-state index contributed by atoms with van der Waals surface area (Å²) in [6.07, 6.45) is 4.28. The molecule has 0 atom stereocenters. The number of hydrogen-bond acceptors (Lipinski definition) is 8. The Morgan fingerprint density at radius 3 is 2.54 bits per heavy atom. The molecule has 6 rings (SSSR count). The lowest BCUT2D eigenvalue weighted by molar-refractivity contribution is -0.130. The summed E-state index contributed by atoms with van der Waals surface area (Å²) >= 11 is 13.7. The number of aliphatic hydroxyl groups is 1. The number of hydrogen-bond donors (Lipinski definition) is 2. The Morgan fingerprint density at radius 1 is 1.04 bits per heavy atom. The van der Waals surface area contributed by atoms with Crippen molar-refractivity contribution in [2.24, 2.45) is 7.05 Å². The van der Waals surface area contributed by atoms with Gasteiger partial charge in [-0.3, -0.25) is 19.5 Å². The molecule has 0 spiro atoms. The number of fused-ring (bicyclic) bond motifs is 1. The molecule has 4 aromatic rings. The van der Waals surface area contributed by atoms with E-state index in [2.05, 4.69) is 20.2 Å². The largest absolute Gasteiger partial charge is 0.481 e. The van der Waals surface area contributed by atoms with E-state index >= 15 is 0 Å². The number of carbonyl (C=O) groups excluding carboxylic acids is 2. The van der Waals surface area contributed by atoms with Crippen LogP contribution in [-0.2, 0) is 31.4 Å². The first-order valence-corrected chi connectivity index (χ1v) is 15.9. The highest BCUT2D eigenvalue weighted by Gasteiger charge is 2.31. The van der Waals surface area contributed by atoms with Crippen molar-refractivity contribution in [3.63, 3.8) is 0 Å². The number of piperidine rings is 1. The van der Waals surface area contributed by atoms with Gasteiger partial charge in [-0.05, 0) is 37.1 Å². The van der Waals surface area contributed by atoms with Crippen LogP contribution in [0.5, 0.6) is 5.88 Å². The number of benzene rings is 1. The number of methoxy groups -OCH3 is 1. The molecule has 46 heavy (non-hydrogen) atoms.